The van der Waals surface area contributed by atoms with Gasteiger partial charge in [0.05, 0.1) is 11.7 Å². The van der Waals surface area contributed by atoms with E-state index in [0.29, 0.717) is 24.9 Å². The molecule has 2 N–H and O–H groups in total. The van der Waals surface area contributed by atoms with Gasteiger partial charge in [-0.2, -0.15) is 0 Å². The number of fused-ring (bicyclic) bond motifs is 5. The Morgan fingerprint density at radius 3 is 2.73 bits per heavy atom. The second kappa shape index (κ2) is 8.62. The Kier molecular flexibility index (Phi) is 6.21. The van der Waals surface area contributed by atoms with Crippen molar-refractivity contribution >= 4 is 0 Å². The Bertz CT molecular complexity index is 825. The molecule has 5 rings (SSSR count). The molecule has 3 saturated carbocycles. The molecule has 4 fully saturated rings. The van der Waals surface area contributed by atoms with Crippen molar-refractivity contribution in [1.29, 1.82) is 0 Å². The average molecular weight is 457 g/mol. The Labute approximate surface area is 200 Å². The Morgan fingerprint density at radius 1 is 1.15 bits per heavy atom. The molecule has 4 nitrogen and oxygen atoms in total. The first-order chi connectivity index (χ1) is 15.7. The van der Waals surface area contributed by atoms with Crippen molar-refractivity contribution in [1.82, 2.24) is 0 Å². The van der Waals surface area contributed by atoms with Gasteiger partial charge >= 0.3 is 0 Å². The maximum absolute atomic E-state index is 12.1. The van der Waals surface area contributed by atoms with E-state index in [9.17, 15) is 10.2 Å². The van der Waals surface area contributed by atoms with Gasteiger partial charge in [0.2, 0.25) is 0 Å². The second-order valence-corrected chi connectivity index (χ2v) is 12.1. The smallest absolute Gasteiger partial charge is 0.157 e. The lowest BCUT2D eigenvalue weighted by Gasteiger charge is -2.58. The molecule has 0 aromatic rings. The molecule has 1 heterocycles. The Hall–Kier alpha value is -0.940. The number of hydrogen-bond donors (Lipinski definition) is 2. The minimum Gasteiger partial charge on any atom is -0.393 e. The molecule has 1 saturated heterocycles. The van der Waals surface area contributed by atoms with Gasteiger partial charge in [0.25, 0.3) is 0 Å². The SMILES string of the molecule is C=C1C(=C)C(O)(CCCOC2CCCCO2)[C@@]2(C)CC[C@@H]3[C@@H](CC=C4CC(O)CC[C@@]43C)[C@H]12. The monoisotopic (exact) mass is 456 g/mol. The molecule has 0 spiro atoms. The first kappa shape index (κ1) is 23.8. The summed E-state index contributed by atoms with van der Waals surface area (Å²) in [5.41, 5.74) is 2.47. The lowest BCUT2D eigenvalue weighted by Crippen LogP contribution is -2.55. The molecule has 5 aliphatic rings. The average Bonchev–Trinajstić information content (AvgIpc) is 2.96. The molecule has 33 heavy (non-hydrogen) atoms. The van der Waals surface area contributed by atoms with E-state index in [0.717, 1.165) is 75.5 Å². The molecule has 1 aliphatic heterocycles. The van der Waals surface area contributed by atoms with Gasteiger partial charge in [-0.1, -0.05) is 38.7 Å². The minimum absolute atomic E-state index is 0.0770. The van der Waals surface area contributed by atoms with Crippen LogP contribution in [0.1, 0.15) is 84.5 Å². The van der Waals surface area contributed by atoms with Crippen molar-refractivity contribution in [2.24, 2.45) is 28.6 Å². The van der Waals surface area contributed by atoms with Crippen LogP contribution >= 0.6 is 0 Å². The largest absolute Gasteiger partial charge is 0.393 e. The van der Waals surface area contributed by atoms with Gasteiger partial charge in [0, 0.05) is 18.6 Å². The van der Waals surface area contributed by atoms with Crippen LogP contribution in [0.25, 0.3) is 0 Å². The molecular weight excluding hydrogens is 412 g/mol. The highest BCUT2D eigenvalue weighted by atomic mass is 16.7. The summed E-state index contributed by atoms with van der Waals surface area (Å²) in [6.45, 7) is 15.1. The highest BCUT2D eigenvalue weighted by molar-refractivity contribution is 5.48. The van der Waals surface area contributed by atoms with E-state index in [1.807, 2.05) is 0 Å². The standard InChI is InChI=1S/C29H44O4/c1-19-20(2)29(31,13-7-17-33-25-8-5-6-16-32-25)28(4)15-12-24-23(26(19)28)10-9-21-18-22(30)11-14-27(21,24)3/h9,22-26,30-31H,1-2,5-8,10-18H2,3-4H3/t22?,23-,24-,25?,26+,27+,28+,29?/m1/s1. The first-order valence-electron chi connectivity index (χ1n) is 13.4. The van der Waals surface area contributed by atoms with Crippen LogP contribution in [0.2, 0.25) is 0 Å². The van der Waals surface area contributed by atoms with E-state index in [-0.39, 0.29) is 29.1 Å². The quantitative estimate of drug-likeness (QED) is 0.412. The maximum atomic E-state index is 12.1. The lowest BCUT2D eigenvalue weighted by atomic mass is 9.46. The summed E-state index contributed by atoms with van der Waals surface area (Å²) in [6.07, 6.45) is 12.9. The number of aliphatic hydroxyl groups is 2. The van der Waals surface area contributed by atoms with Crippen molar-refractivity contribution in [3.8, 4) is 0 Å². The van der Waals surface area contributed by atoms with Gasteiger partial charge in [0.15, 0.2) is 6.29 Å². The molecule has 8 atom stereocenters. The molecule has 0 bridgehead atoms. The van der Waals surface area contributed by atoms with E-state index in [2.05, 4.69) is 33.1 Å². The third kappa shape index (κ3) is 3.63. The van der Waals surface area contributed by atoms with Crippen LogP contribution in [-0.2, 0) is 9.47 Å². The van der Waals surface area contributed by atoms with E-state index < -0.39 is 5.60 Å². The molecule has 0 aromatic heterocycles. The topological polar surface area (TPSA) is 58.9 Å². The highest BCUT2D eigenvalue weighted by Gasteiger charge is 2.66. The van der Waals surface area contributed by atoms with Crippen molar-refractivity contribution in [2.75, 3.05) is 13.2 Å². The zero-order valence-electron chi connectivity index (χ0n) is 20.8. The Balaban J connectivity index is 1.33. The van der Waals surface area contributed by atoms with Crippen molar-refractivity contribution in [3.63, 3.8) is 0 Å². The van der Waals surface area contributed by atoms with Crippen molar-refractivity contribution < 1.29 is 19.7 Å². The molecule has 184 valence electrons. The van der Waals surface area contributed by atoms with Crippen LogP contribution in [0, 0.1) is 28.6 Å². The highest BCUT2D eigenvalue weighted by Crippen LogP contribution is 2.70. The third-order valence-electron chi connectivity index (χ3n) is 10.6. The zero-order valence-corrected chi connectivity index (χ0v) is 20.8. The molecule has 0 amide bonds. The van der Waals surface area contributed by atoms with Gasteiger partial charge in [0.1, 0.15) is 0 Å². The minimum atomic E-state index is -0.913. The van der Waals surface area contributed by atoms with Gasteiger partial charge < -0.3 is 19.7 Å². The first-order valence-corrected chi connectivity index (χ1v) is 13.4. The summed E-state index contributed by atoms with van der Waals surface area (Å²) in [4.78, 5) is 0. The molecule has 0 radical (unpaired) electrons. The molecule has 4 aliphatic carbocycles. The van der Waals surface area contributed by atoms with Crippen LogP contribution in [0.5, 0.6) is 0 Å². The third-order valence-corrected chi connectivity index (χ3v) is 10.6. The summed E-state index contributed by atoms with van der Waals surface area (Å²) in [5, 5.41) is 22.4. The van der Waals surface area contributed by atoms with Gasteiger partial charge in [-0.25, -0.2) is 0 Å². The lowest BCUT2D eigenvalue weighted by molar-refractivity contribution is -0.166. The summed E-state index contributed by atoms with van der Waals surface area (Å²) < 4.78 is 11.7. The second-order valence-electron chi connectivity index (χ2n) is 12.1. The van der Waals surface area contributed by atoms with Crippen LogP contribution in [0.4, 0.5) is 0 Å². The molecule has 3 unspecified atom stereocenters. The molecule has 0 aromatic carbocycles. The fourth-order valence-corrected chi connectivity index (χ4v) is 8.58. The molecule has 4 heteroatoms. The van der Waals surface area contributed by atoms with E-state index in [4.69, 9.17) is 9.47 Å². The molecular formula is C29H44O4. The predicted octanol–water partition coefficient (Wildman–Crippen LogP) is 5.70. The van der Waals surface area contributed by atoms with Gasteiger partial charge in [-0.05, 0) is 105 Å². The number of hydrogen-bond acceptors (Lipinski definition) is 4. The summed E-state index contributed by atoms with van der Waals surface area (Å²) in [6, 6.07) is 0. The fraction of sp³-hybridized carbons (Fsp3) is 0.793. The summed E-state index contributed by atoms with van der Waals surface area (Å²) in [7, 11) is 0. The predicted molar refractivity (Wildman–Crippen MR) is 130 cm³/mol. The Morgan fingerprint density at radius 2 is 1.97 bits per heavy atom. The number of aliphatic hydroxyl groups excluding tert-OH is 1. The zero-order chi connectivity index (χ0) is 23.4. The van der Waals surface area contributed by atoms with Crippen LogP contribution in [0.15, 0.2) is 36.0 Å². The van der Waals surface area contributed by atoms with E-state index >= 15 is 0 Å². The van der Waals surface area contributed by atoms with Crippen LogP contribution < -0.4 is 0 Å². The van der Waals surface area contributed by atoms with E-state index in [1.54, 1.807) is 0 Å². The maximum Gasteiger partial charge on any atom is 0.157 e. The normalized spacial score (nSPS) is 47.5. The number of allylic oxidation sites excluding steroid dienone is 1. The van der Waals surface area contributed by atoms with Gasteiger partial charge in [-0.3, -0.25) is 0 Å². The summed E-state index contributed by atoms with van der Waals surface area (Å²) >= 11 is 0. The van der Waals surface area contributed by atoms with E-state index in [1.165, 1.54) is 12.0 Å². The van der Waals surface area contributed by atoms with Crippen molar-refractivity contribution in [2.45, 2.75) is 102 Å². The van der Waals surface area contributed by atoms with Crippen molar-refractivity contribution in [3.05, 3.63) is 36.0 Å². The number of ether oxygens (including phenoxy) is 2. The van der Waals surface area contributed by atoms with Gasteiger partial charge in [-0.15, -0.1) is 0 Å². The van der Waals surface area contributed by atoms with Crippen LogP contribution in [0.3, 0.4) is 0 Å². The summed E-state index contributed by atoms with van der Waals surface area (Å²) in [5.74, 6) is 1.37. The fourth-order valence-electron chi connectivity index (χ4n) is 8.58. The number of rotatable bonds is 5. The van der Waals surface area contributed by atoms with Crippen LogP contribution in [-0.4, -0.2) is 41.4 Å².